The van der Waals surface area contributed by atoms with Crippen molar-refractivity contribution in [3.05, 3.63) is 47.3 Å². The number of hydrogen-bond acceptors (Lipinski definition) is 1. The van der Waals surface area contributed by atoms with E-state index in [1.165, 1.54) is 6.07 Å². The maximum atomic E-state index is 13.9. The third-order valence-corrected chi connectivity index (χ3v) is 6.00. The second-order valence-electron chi connectivity index (χ2n) is 7.60. The molecule has 0 bridgehead atoms. The Hall–Kier alpha value is -1.36. The smallest absolute Gasteiger partial charge is 0.374 e. The Morgan fingerprint density at radius 3 is 2.50 bits per heavy atom. The van der Waals surface area contributed by atoms with Crippen molar-refractivity contribution < 1.29 is 22.3 Å². The molecule has 2 fully saturated rings. The zero-order chi connectivity index (χ0) is 18.7. The van der Waals surface area contributed by atoms with E-state index in [1.807, 2.05) is 19.1 Å². The Kier molecular flexibility index (Phi) is 6.06. The summed E-state index contributed by atoms with van der Waals surface area (Å²) in [6.45, 7) is 2.64. The van der Waals surface area contributed by atoms with Crippen LogP contribution in [0.25, 0.3) is 0 Å². The highest BCUT2D eigenvalue weighted by atomic mass is 19.4. The van der Waals surface area contributed by atoms with Crippen LogP contribution in [0.3, 0.4) is 0 Å². The van der Waals surface area contributed by atoms with E-state index in [4.69, 9.17) is 4.74 Å². The van der Waals surface area contributed by atoms with Crippen LogP contribution in [-0.4, -0.2) is 12.7 Å². The summed E-state index contributed by atoms with van der Waals surface area (Å²) in [6.07, 6.45) is 5.76. The van der Waals surface area contributed by atoms with Gasteiger partial charge in [0.1, 0.15) is 5.82 Å². The minimum absolute atomic E-state index is 0.161. The molecule has 4 unspecified atom stereocenters. The van der Waals surface area contributed by atoms with Gasteiger partial charge in [-0.25, -0.2) is 4.39 Å². The minimum Gasteiger partial charge on any atom is -0.374 e. The van der Waals surface area contributed by atoms with Gasteiger partial charge in [0, 0.05) is 0 Å². The van der Waals surface area contributed by atoms with Gasteiger partial charge in [0.2, 0.25) is 0 Å². The van der Waals surface area contributed by atoms with Crippen LogP contribution in [0.4, 0.5) is 17.6 Å². The molecule has 1 aromatic rings. The van der Waals surface area contributed by atoms with Crippen molar-refractivity contribution in [1.82, 2.24) is 0 Å². The largest absolute Gasteiger partial charge is 0.419 e. The van der Waals surface area contributed by atoms with Gasteiger partial charge in [0.15, 0.2) is 0 Å². The molecule has 1 aromatic carbocycles. The van der Waals surface area contributed by atoms with Gasteiger partial charge in [-0.15, -0.1) is 0 Å². The van der Waals surface area contributed by atoms with Gasteiger partial charge in [-0.2, -0.15) is 13.2 Å². The molecule has 2 saturated carbocycles. The monoisotopic (exact) mass is 370 g/mol. The van der Waals surface area contributed by atoms with Gasteiger partial charge in [-0.3, -0.25) is 0 Å². The van der Waals surface area contributed by atoms with Crippen molar-refractivity contribution in [3.8, 4) is 0 Å². The lowest BCUT2D eigenvalue weighted by atomic mass is 9.65. The highest BCUT2D eigenvalue weighted by Gasteiger charge is 2.38. The zero-order valence-electron chi connectivity index (χ0n) is 15.1. The van der Waals surface area contributed by atoms with Crippen LogP contribution >= 0.6 is 0 Å². The maximum Gasteiger partial charge on any atom is 0.419 e. The summed E-state index contributed by atoms with van der Waals surface area (Å²) in [4.78, 5) is 0. The maximum absolute atomic E-state index is 13.9. The van der Waals surface area contributed by atoms with Crippen molar-refractivity contribution in [1.29, 1.82) is 0 Å². The molecule has 3 rings (SSSR count). The molecule has 1 nitrogen and oxygen atoms in total. The van der Waals surface area contributed by atoms with Crippen molar-refractivity contribution in [2.75, 3.05) is 6.61 Å². The molecule has 26 heavy (non-hydrogen) atoms. The van der Waals surface area contributed by atoms with Gasteiger partial charge in [0.05, 0.1) is 18.3 Å². The first kappa shape index (κ1) is 19.4. The summed E-state index contributed by atoms with van der Waals surface area (Å²) in [7, 11) is 0. The molecule has 0 aliphatic heterocycles. The molecule has 5 heteroatoms. The highest BCUT2D eigenvalue weighted by Crippen LogP contribution is 2.47. The second kappa shape index (κ2) is 8.12. The van der Waals surface area contributed by atoms with E-state index in [-0.39, 0.29) is 5.92 Å². The minimum atomic E-state index is -4.63. The molecule has 0 aromatic heterocycles. The molecule has 0 spiro atoms. The molecule has 0 saturated heterocycles. The Morgan fingerprint density at radius 2 is 1.81 bits per heavy atom. The Balaban J connectivity index is 1.60. The van der Waals surface area contributed by atoms with Crippen LogP contribution in [0.5, 0.6) is 0 Å². The first-order valence-corrected chi connectivity index (χ1v) is 9.48. The first-order chi connectivity index (χ1) is 12.4. The topological polar surface area (TPSA) is 9.23 Å². The summed E-state index contributed by atoms with van der Waals surface area (Å²) < 4.78 is 58.0. The number of benzene rings is 1. The third-order valence-electron chi connectivity index (χ3n) is 6.00. The van der Waals surface area contributed by atoms with Crippen LogP contribution in [0.2, 0.25) is 0 Å². The number of fused-ring (bicyclic) bond motifs is 1. The summed E-state index contributed by atoms with van der Waals surface area (Å²) in [5, 5.41) is 0. The quantitative estimate of drug-likeness (QED) is 0.435. The zero-order valence-corrected chi connectivity index (χ0v) is 15.1. The molecule has 0 N–H and O–H groups in total. The van der Waals surface area contributed by atoms with Crippen LogP contribution in [0, 0.1) is 17.7 Å². The van der Waals surface area contributed by atoms with Crippen molar-refractivity contribution >= 4 is 0 Å². The fourth-order valence-corrected chi connectivity index (χ4v) is 4.60. The predicted molar refractivity (Wildman–Crippen MR) is 93.4 cm³/mol. The van der Waals surface area contributed by atoms with E-state index in [1.54, 1.807) is 0 Å². The van der Waals surface area contributed by atoms with Gasteiger partial charge in [-0.05, 0) is 80.9 Å². The second-order valence-corrected chi connectivity index (χ2v) is 7.60. The Morgan fingerprint density at radius 1 is 1.08 bits per heavy atom. The molecule has 2 aliphatic rings. The average Bonchev–Trinajstić information content (AvgIpc) is 2.60. The van der Waals surface area contributed by atoms with Crippen molar-refractivity contribution in [3.63, 3.8) is 0 Å². The number of ether oxygens (including phenoxy) is 1. The van der Waals surface area contributed by atoms with Crippen molar-refractivity contribution in [2.24, 2.45) is 11.8 Å². The normalized spacial score (nSPS) is 29.7. The summed E-state index contributed by atoms with van der Waals surface area (Å²) in [5.74, 6) is 0.197. The van der Waals surface area contributed by atoms with Gasteiger partial charge >= 0.3 is 6.18 Å². The van der Waals surface area contributed by atoms with E-state index in [9.17, 15) is 17.6 Å². The van der Waals surface area contributed by atoms with Crippen molar-refractivity contribution in [2.45, 2.75) is 63.6 Å². The standard InChI is InChI=1S/C21H26F4O/c1-2-3-10-26-18-8-6-15-11-14(4-5-16(15)12-18)17-7-9-19(20(22)13-17)21(23,24)25/h2-3,7,9,13-16,18H,4-6,8,10-12H2,1H3/b3-2+. The van der Waals surface area contributed by atoms with Crippen LogP contribution in [-0.2, 0) is 10.9 Å². The Labute approximate surface area is 152 Å². The SMILES string of the molecule is C/C=C/COC1CCC2CC(c3ccc(C(F)(F)F)c(F)c3)CCC2C1. The molecular formula is C21H26F4O. The molecule has 0 radical (unpaired) electrons. The van der Waals surface area contributed by atoms with E-state index in [2.05, 4.69) is 0 Å². The van der Waals surface area contributed by atoms with Gasteiger partial charge in [-0.1, -0.05) is 18.2 Å². The average molecular weight is 370 g/mol. The summed E-state index contributed by atoms with van der Waals surface area (Å²) in [5.41, 5.74) is -0.464. The summed E-state index contributed by atoms with van der Waals surface area (Å²) >= 11 is 0. The molecule has 4 atom stereocenters. The lowest BCUT2D eigenvalue weighted by Crippen LogP contribution is -2.33. The number of hydrogen-bond donors (Lipinski definition) is 0. The van der Waals surface area contributed by atoms with E-state index < -0.39 is 17.6 Å². The van der Waals surface area contributed by atoms with E-state index >= 15 is 0 Å². The Bertz CT molecular complexity index is 637. The van der Waals surface area contributed by atoms with Crippen LogP contribution < -0.4 is 0 Å². The fraction of sp³-hybridized carbons (Fsp3) is 0.619. The molecule has 144 valence electrons. The van der Waals surface area contributed by atoms with Gasteiger partial charge < -0.3 is 4.74 Å². The molecular weight excluding hydrogens is 344 g/mol. The van der Waals surface area contributed by atoms with E-state index in [0.717, 1.165) is 50.7 Å². The third kappa shape index (κ3) is 4.48. The number of allylic oxidation sites excluding steroid dienone is 1. The van der Waals surface area contributed by atoms with Gasteiger partial charge in [0.25, 0.3) is 0 Å². The molecule has 0 heterocycles. The lowest BCUT2D eigenvalue weighted by Gasteiger charge is -2.42. The van der Waals surface area contributed by atoms with E-state index in [0.29, 0.717) is 30.1 Å². The van der Waals surface area contributed by atoms with Crippen LogP contribution in [0.15, 0.2) is 30.4 Å². The lowest BCUT2D eigenvalue weighted by molar-refractivity contribution is -0.140. The number of rotatable bonds is 4. The first-order valence-electron chi connectivity index (χ1n) is 9.48. The fourth-order valence-electron chi connectivity index (χ4n) is 4.60. The summed E-state index contributed by atoms with van der Waals surface area (Å²) in [6, 6.07) is 3.45. The highest BCUT2D eigenvalue weighted by molar-refractivity contribution is 5.29. The number of alkyl halides is 3. The molecule has 2 aliphatic carbocycles. The predicted octanol–water partition coefficient (Wildman–Crippen LogP) is 6.49. The number of halogens is 4. The van der Waals surface area contributed by atoms with Crippen LogP contribution in [0.1, 0.15) is 62.5 Å². The molecule has 0 amide bonds.